The first-order chi connectivity index (χ1) is 48.6. The highest BCUT2D eigenvalue weighted by Crippen LogP contribution is 2.21. The number of likely N-dealkylation sites (N-methyl/N-ethyl adjacent to an activating group) is 1. The standard InChI is InChI=1S/C90H167NO8/c1-6-8-10-12-14-16-18-20-22-24-26-28-30-32-34-36-38-40-41-42-43-44-45-46-47-49-50-52-54-56-58-60-62-64-66-68-70-72-74-76-78-80-87(92)97-84-86(85-98-90(89(94)95)96-83-82-91(3,4)5)99-88(93)81-79-77-75-73-71-69-67-65-63-61-59-57-55-53-51-48-39-37-35-33-31-29-27-25-23-21-19-17-15-13-11-9-7-2/h9,11,15,17,21,23,27,29,33,35,86,90H,6-8,10,12-14,16,18-20,22,24-26,28,30-32,34,36-85H2,1-5H3/p+1/b11-9-,17-15-,23-21-,29-27-,35-33-. The van der Waals surface area contributed by atoms with E-state index in [0.29, 0.717) is 17.4 Å². The first-order valence-corrected chi connectivity index (χ1v) is 43.5. The molecule has 0 aliphatic carbocycles. The van der Waals surface area contributed by atoms with Crippen LogP contribution < -0.4 is 0 Å². The minimum absolute atomic E-state index is 0.177. The number of allylic oxidation sites excluding steroid dienone is 10. The van der Waals surface area contributed by atoms with Gasteiger partial charge in [0.05, 0.1) is 34.4 Å². The van der Waals surface area contributed by atoms with Crippen molar-refractivity contribution in [3.63, 3.8) is 0 Å². The van der Waals surface area contributed by atoms with Crippen molar-refractivity contribution in [2.75, 3.05) is 47.5 Å². The molecule has 0 spiro atoms. The normalized spacial score (nSPS) is 12.9. The maximum atomic E-state index is 13.0. The van der Waals surface area contributed by atoms with E-state index in [1.54, 1.807) is 0 Å². The van der Waals surface area contributed by atoms with Crippen LogP contribution in [0.5, 0.6) is 0 Å². The zero-order chi connectivity index (χ0) is 71.8. The molecule has 0 radical (unpaired) electrons. The van der Waals surface area contributed by atoms with Gasteiger partial charge in [0.1, 0.15) is 13.2 Å². The molecule has 0 amide bonds. The highest BCUT2D eigenvalue weighted by atomic mass is 16.7. The highest BCUT2D eigenvalue weighted by molar-refractivity contribution is 5.71. The number of rotatable bonds is 82. The number of quaternary nitrogens is 1. The number of hydrogen-bond acceptors (Lipinski definition) is 7. The number of nitrogens with zero attached hydrogens (tertiary/aromatic N) is 1. The van der Waals surface area contributed by atoms with Crippen LogP contribution in [0.15, 0.2) is 60.8 Å². The smallest absolute Gasteiger partial charge is 0.361 e. The molecule has 0 bridgehead atoms. The van der Waals surface area contributed by atoms with E-state index in [4.69, 9.17) is 18.9 Å². The average molecular weight is 1390 g/mol. The summed E-state index contributed by atoms with van der Waals surface area (Å²) in [4.78, 5) is 37.8. The van der Waals surface area contributed by atoms with Crippen LogP contribution in [0, 0.1) is 0 Å². The third-order valence-electron chi connectivity index (χ3n) is 19.8. The number of carbonyl (C=O) groups is 3. The van der Waals surface area contributed by atoms with Gasteiger partial charge in [-0.1, -0.05) is 428 Å². The Balaban J connectivity index is 3.91. The Morgan fingerprint density at radius 2 is 0.576 bits per heavy atom. The number of carboxylic acid groups (broad SMARTS) is 1. The molecule has 0 rings (SSSR count). The summed E-state index contributed by atoms with van der Waals surface area (Å²) < 4.78 is 23.1. The Labute approximate surface area is 615 Å². The van der Waals surface area contributed by atoms with Crippen LogP contribution in [0.1, 0.15) is 438 Å². The second-order valence-corrected chi connectivity index (χ2v) is 30.8. The van der Waals surface area contributed by atoms with E-state index in [0.717, 1.165) is 70.6 Å². The Morgan fingerprint density at radius 3 is 0.859 bits per heavy atom. The molecule has 9 nitrogen and oxygen atoms in total. The van der Waals surface area contributed by atoms with Crippen molar-refractivity contribution in [1.82, 2.24) is 0 Å². The molecule has 99 heavy (non-hydrogen) atoms. The lowest BCUT2D eigenvalue weighted by atomic mass is 10.0. The molecule has 0 fully saturated rings. The maximum Gasteiger partial charge on any atom is 0.361 e. The summed E-state index contributed by atoms with van der Waals surface area (Å²) in [6, 6.07) is 0. The lowest BCUT2D eigenvalue weighted by Gasteiger charge is -2.25. The van der Waals surface area contributed by atoms with E-state index >= 15 is 0 Å². The predicted molar refractivity (Wildman–Crippen MR) is 429 cm³/mol. The van der Waals surface area contributed by atoms with Gasteiger partial charge < -0.3 is 28.5 Å². The van der Waals surface area contributed by atoms with Gasteiger partial charge in [0.2, 0.25) is 0 Å². The van der Waals surface area contributed by atoms with Crippen molar-refractivity contribution < 1.29 is 42.9 Å². The zero-order valence-corrected chi connectivity index (χ0v) is 66.7. The summed E-state index contributed by atoms with van der Waals surface area (Å²) in [5, 5.41) is 9.79. The van der Waals surface area contributed by atoms with Gasteiger partial charge in [0.15, 0.2) is 6.10 Å². The van der Waals surface area contributed by atoms with Crippen molar-refractivity contribution >= 4 is 17.9 Å². The second kappa shape index (κ2) is 80.7. The molecular weight excluding hydrogens is 1220 g/mol. The molecule has 0 aromatic rings. The summed E-state index contributed by atoms with van der Waals surface area (Å²) >= 11 is 0. The molecule has 2 atom stereocenters. The van der Waals surface area contributed by atoms with E-state index in [1.807, 2.05) is 21.1 Å². The van der Waals surface area contributed by atoms with Crippen LogP contribution in [0.3, 0.4) is 0 Å². The van der Waals surface area contributed by atoms with Crippen LogP contribution in [-0.4, -0.2) is 87.4 Å². The maximum absolute atomic E-state index is 13.0. The minimum Gasteiger partial charge on any atom is -0.477 e. The van der Waals surface area contributed by atoms with E-state index in [2.05, 4.69) is 74.6 Å². The van der Waals surface area contributed by atoms with Crippen molar-refractivity contribution in [3.8, 4) is 0 Å². The number of carbonyl (C=O) groups excluding carboxylic acids is 2. The topological polar surface area (TPSA) is 108 Å². The van der Waals surface area contributed by atoms with Gasteiger partial charge in [-0.15, -0.1) is 0 Å². The molecule has 0 saturated heterocycles. The zero-order valence-electron chi connectivity index (χ0n) is 66.7. The third-order valence-corrected chi connectivity index (χ3v) is 19.8. The molecule has 580 valence electrons. The van der Waals surface area contributed by atoms with Gasteiger partial charge in [-0.25, -0.2) is 4.79 Å². The molecule has 0 aliphatic heterocycles. The molecular formula is C90H168NO8+. The van der Waals surface area contributed by atoms with Crippen LogP contribution in [0.25, 0.3) is 0 Å². The monoisotopic (exact) mass is 1390 g/mol. The Morgan fingerprint density at radius 1 is 0.313 bits per heavy atom. The fraction of sp³-hybridized carbons (Fsp3) is 0.856. The van der Waals surface area contributed by atoms with Crippen LogP contribution in [-0.2, 0) is 33.3 Å². The van der Waals surface area contributed by atoms with Crippen LogP contribution in [0.2, 0.25) is 0 Å². The van der Waals surface area contributed by atoms with Gasteiger partial charge in [-0.3, -0.25) is 9.59 Å². The van der Waals surface area contributed by atoms with E-state index in [1.165, 1.54) is 340 Å². The van der Waals surface area contributed by atoms with E-state index in [9.17, 15) is 19.5 Å². The molecule has 2 unspecified atom stereocenters. The highest BCUT2D eigenvalue weighted by Gasteiger charge is 2.25. The third kappa shape index (κ3) is 82.2. The molecule has 9 heteroatoms. The lowest BCUT2D eigenvalue weighted by molar-refractivity contribution is -0.870. The number of unbranched alkanes of at least 4 members (excludes halogenated alkanes) is 57. The first-order valence-electron chi connectivity index (χ1n) is 43.5. The van der Waals surface area contributed by atoms with Crippen LogP contribution >= 0.6 is 0 Å². The number of carboxylic acids is 1. The van der Waals surface area contributed by atoms with E-state index in [-0.39, 0.29) is 38.2 Å². The largest absolute Gasteiger partial charge is 0.477 e. The van der Waals surface area contributed by atoms with Crippen molar-refractivity contribution in [3.05, 3.63) is 60.8 Å². The average Bonchev–Trinajstić information content (AvgIpc) is 1.57. The molecule has 0 aromatic carbocycles. The summed E-state index contributed by atoms with van der Waals surface area (Å²) in [6.07, 6.45) is 106. The fourth-order valence-corrected chi connectivity index (χ4v) is 13.2. The second-order valence-electron chi connectivity index (χ2n) is 30.8. The molecule has 0 heterocycles. The number of esters is 2. The first kappa shape index (κ1) is 96.0. The molecule has 0 aromatic heterocycles. The van der Waals surface area contributed by atoms with Crippen molar-refractivity contribution in [1.29, 1.82) is 0 Å². The van der Waals surface area contributed by atoms with Gasteiger partial charge >= 0.3 is 17.9 Å². The summed E-state index contributed by atoms with van der Waals surface area (Å²) in [6.45, 7) is 4.84. The Bertz CT molecular complexity index is 1820. The number of hydrogen-bond donors (Lipinski definition) is 1. The molecule has 0 aliphatic rings. The summed E-state index contributed by atoms with van der Waals surface area (Å²) in [5.74, 6) is -1.97. The fourth-order valence-electron chi connectivity index (χ4n) is 13.2. The Kier molecular flexibility index (Phi) is 78.2. The van der Waals surface area contributed by atoms with Gasteiger partial charge in [0.25, 0.3) is 6.29 Å². The van der Waals surface area contributed by atoms with Gasteiger partial charge in [0, 0.05) is 12.8 Å². The van der Waals surface area contributed by atoms with Crippen LogP contribution in [0.4, 0.5) is 0 Å². The quantitative estimate of drug-likeness (QED) is 0.0211. The van der Waals surface area contributed by atoms with E-state index < -0.39 is 18.4 Å². The molecule has 0 saturated carbocycles. The van der Waals surface area contributed by atoms with Gasteiger partial charge in [-0.2, -0.15) is 0 Å². The van der Waals surface area contributed by atoms with Crippen molar-refractivity contribution in [2.45, 2.75) is 450 Å². The number of aliphatic carboxylic acids is 1. The van der Waals surface area contributed by atoms with Crippen molar-refractivity contribution in [2.24, 2.45) is 0 Å². The lowest BCUT2D eigenvalue weighted by Crippen LogP contribution is -2.40. The molecule has 1 N–H and O–H groups in total. The summed E-state index contributed by atoms with van der Waals surface area (Å²) in [7, 11) is 6.00. The predicted octanol–water partition coefficient (Wildman–Crippen LogP) is 28.2. The SMILES string of the molecule is CC/C=C\C/C=C\C/C=C\C/C=C\C/C=C\CCCCCCCCCCCCCCCCCCCC(=O)OC(COC(=O)CCCCCCCCCCCCCCCCCCCCCCCCCCCCCCCCCCCCCCCCCCC)COC(OCC[N+](C)(C)C)C(=O)O. The summed E-state index contributed by atoms with van der Waals surface area (Å²) in [5.41, 5.74) is 0. The Hall–Kier alpha value is -3.01. The number of ether oxygens (including phenoxy) is 4. The minimum atomic E-state index is -1.51. The van der Waals surface area contributed by atoms with Gasteiger partial charge in [-0.05, 0) is 57.8 Å².